The summed E-state index contributed by atoms with van der Waals surface area (Å²) in [5.74, 6) is -0.478. The first-order chi connectivity index (χ1) is 13.3. The molecule has 0 fully saturated rings. The van der Waals surface area contributed by atoms with E-state index in [-0.39, 0.29) is 17.2 Å². The molecule has 1 heterocycles. The van der Waals surface area contributed by atoms with Crippen LogP contribution in [0.25, 0.3) is 5.69 Å². The van der Waals surface area contributed by atoms with Crippen molar-refractivity contribution in [3.8, 4) is 5.69 Å². The molecule has 0 unspecified atom stereocenters. The fraction of sp³-hybridized carbons (Fsp3) is 0.111. The first kappa shape index (κ1) is 19.1. The number of halogens is 3. The second kappa shape index (κ2) is 7.51. The van der Waals surface area contributed by atoms with E-state index in [9.17, 15) is 22.8 Å². The molecule has 3 aromatic rings. The van der Waals surface area contributed by atoms with Gasteiger partial charge in [-0.2, -0.15) is 18.3 Å². The summed E-state index contributed by atoms with van der Waals surface area (Å²) < 4.78 is 39.6. The zero-order valence-electron chi connectivity index (χ0n) is 14.5. The van der Waals surface area contributed by atoms with Crippen LogP contribution >= 0.6 is 0 Å². The number of aromatic amines is 1. The molecule has 0 aliphatic heterocycles. The smallest absolute Gasteiger partial charge is 0.309 e. The number of carbonyl (C=O) groups is 1. The molecule has 2 aromatic carbocycles. The zero-order chi connectivity index (χ0) is 20.3. The van der Waals surface area contributed by atoms with E-state index in [0.29, 0.717) is 5.69 Å². The molecule has 0 saturated carbocycles. The predicted octanol–water partition coefficient (Wildman–Crippen LogP) is 4.56. The van der Waals surface area contributed by atoms with E-state index < -0.39 is 23.2 Å². The molecular weight excluding hydrogens is 375 g/mol. The Morgan fingerprint density at radius 2 is 1.79 bits per heavy atom. The standard InChI is InChI=1S/C18H14F3N5O2/c1-11(27)22-16-15(17(28)26(25-16)14-8-3-2-4-9-14)24-23-13-7-5-6-12(10-13)18(19,20)21/h2-10,25H,1H3,(H,22,27). The molecule has 1 aromatic heterocycles. The van der Waals surface area contributed by atoms with E-state index in [4.69, 9.17) is 0 Å². The highest BCUT2D eigenvalue weighted by atomic mass is 19.4. The quantitative estimate of drug-likeness (QED) is 0.641. The highest BCUT2D eigenvalue weighted by molar-refractivity contribution is 5.90. The largest absolute Gasteiger partial charge is 0.416 e. The summed E-state index contributed by atoms with van der Waals surface area (Å²) in [6, 6.07) is 12.7. The van der Waals surface area contributed by atoms with Crippen LogP contribution in [-0.4, -0.2) is 15.7 Å². The summed E-state index contributed by atoms with van der Waals surface area (Å²) in [7, 11) is 0. The van der Waals surface area contributed by atoms with Crippen LogP contribution in [0.15, 0.2) is 69.6 Å². The number of carbonyl (C=O) groups excluding carboxylic acids is 1. The molecule has 0 spiro atoms. The minimum absolute atomic E-state index is 0.0166. The number of aromatic nitrogens is 2. The molecule has 1 amide bonds. The summed E-state index contributed by atoms with van der Waals surface area (Å²) in [5, 5.41) is 12.6. The van der Waals surface area contributed by atoms with Crippen LogP contribution in [0.5, 0.6) is 0 Å². The highest BCUT2D eigenvalue weighted by Gasteiger charge is 2.30. The number of para-hydroxylation sites is 1. The van der Waals surface area contributed by atoms with Gasteiger partial charge in [-0.15, -0.1) is 5.11 Å². The molecule has 0 aliphatic carbocycles. The maximum Gasteiger partial charge on any atom is 0.416 e. The third kappa shape index (κ3) is 4.17. The van der Waals surface area contributed by atoms with Gasteiger partial charge >= 0.3 is 11.7 Å². The van der Waals surface area contributed by atoms with Crippen LogP contribution < -0.4 is 10.9 Å². The number of H-pyrrole nitrogens is 1. The molecule has 0 bridgehead atoms. The number of amides is 1. The average Bonchev–Trinajstić information content (AvgIpc) is 2.95. The highest BCUT2D eigenvalue weighted by Crippen LogP contribution is 2.32. The number of azo groups is 1. The Balaban J connectivity index is 2.04. The second-order valence-electron chi connectivity index (χ2n) is 5.74. The Morgan fingerprint density at radius 1 is 1.07 bits per heavy atom. The molecular formula is C18H14F3N5O2. The Kier molecular flexibility index (Phi) is 5.12. The van der Waals surface area contributed by atoms with Crippen molar-refractivity contribution in [2.45, 2.75) is 13.1 Å². The van der Waals surface area contributed by atoms with Crippen molar-refractivity contribution in [3.05, 3.63) is 70.5 Å². The van der Waals surface area contributed by atoms with E-state index in [2.05, 4.69) is 20.6 Å². The Morgan fingerprint density at radius 3 is 2.43 bits per heavy atom. The number of benzene rings is 2. The number of nitrogens with one attached hydrogen (secondary N) is 2. The van der Waals surface area contributed by atoms with Gasteiger partial charge < -0.3 is 5.32 Å². The minimum Gasteiger partial charge on any atom is -0.309 e. The predicted molar refractivity (Wildman–Crippen MR) is 96.3 cm³/mol. The molecule has 0 saturated heterocycles. The number of anilines is 1. The van der Waals surface area contributed by atoms with Crippen LogP contribution in [0.4, 0.5) is 30.4 Å². The monoisotopic (exact) mass is 389 g/mol. The SMILES string of the molecule is CC(=O)Nc1[nH]n(-c2ccccc2)c(=O)c1N=Nc1cccc(C(F)(F)F)c1. The van der Waals surface area contributed by atoms with Gasteiger partial charge in [0.05, 0.1) is 16.9 Å². The van der Waals surface area contributed by atoms with Crippen LogP contribution in [0.3, 0.4) is 0 Å². The lowest BCUT2D eigenvalue weighted by atomic mass is 10.2. The van der Waals surface area contributed by atoms with Crippen molar-refractivity contribution >= 4 is 23.1 Å². The second-order valence-corrected chi connectivity index (χ2v) is 5.74. The van der Waals surface area contributed by atoms with Gasteiger partial charge in [0.1, 0.15) is 0 Å². The zero-order valence-corrected chi connectivity index (χ0v) is 14.5. The molecule has 2 N–H and O–H groups in total. The maximum atomic E-state index is 12.8. The van der Waals surface area contributed by atoms with Gasteiger partial charge in [-0.3, -0.25) is 14.7 Å². The lowest BCUT2D eigenvalue weighted by Gasteiger charge is -2.05. The van der Waals surface area contributed by atoms with Crippen molar-refractivity contribution in [1.29, 1.82) is 0 Å². The summed E-state index contributed by atoms with van der Waals surface area (Å²) in [5.41, 5.74) is -1.35. The van der Waals surface area contributed by atoms with Crippen molar-refractivity contribution in [2.75, 3.05) is 5.32 Å². The van der Waals surface area contributed by atoms with Crippen molar-refractivity contribution in [1.82, 2.24) is 9.78 Å². The number of alkyl halides is 3. The van der Waals surface area contributed by atoms with Crippen LogP contribution in [0, 0.1) is 0 Å². The Labute approximate surface area is 156 Å². The maximum absolute atomic E-state index is 12.8. The summed E-state index contributed by atoms with van der Waals surface area (Å²) in [6.45, 7) is 1.24. The first-order valence-electron chi connectivity index (χ1n) is 8.03. The fourth-order valence-electron chi connectivity index (χ4n) is 2.40. The van der Waals surface area contributed by atoms with Gasteiger partial charge in [-0.1, -0.05) is 24.3 Å². The van der Waals surface area contributed by atoms with Crippen molar-refractivity contribution in [3.63, 3.8) is 0 Å². The lowest BCUT2D eigenvalue weighted by molar-refractivity contribution is -0.137. The average molecular weight is 389 g/mol. The van der Waals surface area contributed by atoms with Gasteiger partial charge in [0.2, 0.25) is 5.91 Å². The first-order valence-corrected chi connectivity index (χ1v) is 8.03. The molecule has 144 valence electrons. The molecule has 0 aliphatic rings. The van der Waals surface area contributed by atoms with Crippen LogP contribution in [0.2, 0.25) is 0 Å². The summed E-state index contributed by atoms with van der Waals surface area (Å²) in [4.78, 5) is 24.1. The summed E-state index contributed by atoms with van der Waals surface area (Å²) in [6.07, 6.45) is -4.53. The van der Waals surface area contributed by atoms with E-state index in [1.165, 1.54) is 19.1 Å². The van der Waals surface area contributed by atoms with E-state index in [0.717, 1.165) is 16.8 Å². The van der Waals surface area contributed by atoms with Gasteiger partial charge in [-0.25, -0.2) is 4.68 Å². The van der Waals surface area contributed by atoms with Gasteiger partial charge in [0.25, 0.3) is 0 Å². The van der Waals surface area contributed by atoms with E-state index in [1.807, 2.05) is 0 Å². The number of rotatable bonds is 4. The Hall–Kier alpha value is -3.69. The minimum atomic E-state index is -4.53. The molecule has 3 rings (SSSR count). The van der Waals surface area contributed by atoms with Gasteiger partial charge in [-0.05, 0) is 30.3 Å². The van der Waals surface area contributed by atoms with E-state index in [1.54, 1.807) is 30.3 Å². The number of nitrogens with zero attached hydrogens (tertiary/aromatic N) is 3. The third-order valence-electron chi connectivity index (χ3n) is 3.62. The third-order valence-corrected chi connectivity index (χ3v) is 3.62. The fourth-order valence-corrected chi connectivity index (χ4v) is 2.40. The number of hydrogen-bond acceptors (Lipinski definition) is 4. The van der Waals surface area contributed by atoms with Crippen molar-refractivity contribution < 1.29 is 18.0 Å². The normalized spacial score (nSPS) is 11.7. The molecule has 0 atom stereocenters. The van der Waals surface area contributed by atoms with Crippen LogP contribution in [-0.2, 0) is 11.0 Å². The molecule has 10 heteroatoms. The van der Waals surface area contributed by atoms with Gasteiger partial charge in [0, 0.05) is 6.92 Å². The number of hydrogen-bond donors (Lipinski definition) is 2. The molecule has 0 radical (unpaired) electrons. The van der Waals surface area contributed by atoms with E-state index >= 15 is 0 Å². The molecule has 28 heavy (non-hydrogen) atoms. The van der Waals surface area contributed by atoms with Crippen molar-refractivity contribution in [2.24, 2.45) is 10.2 Å². The van der Waals surface area contributed by atoms with Crippen LogP contribution in [0.1, 0.15) is 12.5 Å². The van der Waals surface area contributed by atoms with Gasteiger partial charge in [0.15, 0.2) is 11.5 Å². The Bertz CT molecular complexity index is 1080. The topological polar surface area (TPSA) is 91.6 Å². The summed E-state index contributed by atoms with van der Waals surface area (Å²) >= 11 is 0. The molecule has 7 nitrogen and oxygen atoms in total. The lowest BCUT2D eigenvalue weighted by Crippen LogP contribution is -2.13.